The lowest BCUT2D eigenvalue weighted by Gasteiger charge is -2.07. The van der Waals surface area contributed by atoms with Crippen molar-refractivity contribution in [1.29, 1.82) is 0 Å². The molecule has 0 bridgehead atoms. The van der Waals surface area contributed by atoms with Crippen molar-refractivity contribution in [2.45, 2.75) is 6.61 Å². The van der Waals surface area contributed by atoms with Gasteiger partial charge in [-0.05, 0) is 18.2 Å². The molecule has 0 saturated carbocycles. The topological polar surface area (TPSA) is 73.1 Å². The summed E-state index contributed by atoms with van der Waals surface area (Å²) in [6, 6.07) is 5.38. The van der Waals surface area contributed by atoms with E-state index in [0.717, 1.165) is 4.47 Å². The van der Waals surface area contributed by atoms with E-state index in [1.165, 1.54) is 11.5 Å². The molecule has 1 aromatic carbocycles. The predicted octanol–water partition coefficient (Wildman–Crippen LogP) is 2.82. The highest BCUT2D eigenvalue weighted by Gasteiger charge is 2.09. The van der Waals surface area contributed by atoms with Gasteiger partial charge in [0.15, 0.2) is 5.00 Å². The molecule has 90 valence electrons. The summed E-state index contributed by atoms with van der Waals surface area (Å²) in [4.78, 5) is 0. The van der Waals surface area contributed by atoms with E-state index in [-0.39, 0.29) is 6.61 Å². The highest BCUT2D eigenvalue weighted by molar-refractivity contribution is 9.10. The smallest absolute Gasteiger partial charge is 0.150 e. The minimum absolute atomic E-state index is 0.256. The lowest BCUT2D eigenvalue weighted by Crippen LogP contribution is -2.08. The molecule has 0 spiro atoms. The third-order valence-corrected chi connectivity index (χ3v) is 3.45. The van der Waals surface area contributed by atoms with E-state index in [1.807, 2.05) is 6.07 Å². The van der Waals surface area contributed by atoms with Crippen LogP contribution in [0.5, 0.6) is 5.75 Å². The Balaban J connectivity index is 2.09. The van der Waals surface area contributed by atoms with Crippen LogP contribution < -0.4 is 16.0 Å². The first-order valence-electron chi connectivity index (χ1n) is 4.56. The van der Waals surface area contributed by atoms with Crippen LogP contribution in [0.25, 0.3) is 0 Å². The van der Waals surface area contributed by atoms with Crippen molar-refractivity contribution in [3.8, 4) is 5.75 Å². The van der Waals surface area contributed by atoms with Crippen molar-refractivity contribution in [3.63, 3.8) is 0 Å². The Labute approximate surface area is 115 Å². The highest BCUT2D eigenvalue weighted by Crippen LogP contribution is 2.29. The van der Waals surface area contributed by atoms with Crippen LogP contribution in [0.1, 0.15) is 5.69 Å². The number of nitrogens with zero attached hydrogens (tertiary/aromatic N) is 2. The summed E-state index contributed by atoms with van der Waals surface area (Å²) in [6.07, 6.45) is 0. The first-order valence-corrected chi connectivity index (χ1v) is 6.51. The summed E-state index contributed by atoms with van der Waals surface area (Å²) >= 11 is 10.5. The Morgan fingerprint density at radius 1 is 1.53 bits per heavy atom. The van der Waals surface area contributed by atoms with Gasteiger partial charge in [0.25, 0.3) is 0 Å². The average Bonchev–Trinajstić information content (AvgIpc) is 2.77. The first kappa shape index (κ1) is 12.6. The standard InChI is InChI=1S/C9H8BrClN4OS/c10-5-1-2-6(11)8(3-5)16-4-7-9(13-12)17-15-14-7/h1-3,13H,4,12H2. The predicted molar refractivity (Wildman–Crippen MR) is 71.2 cm³/mol. The molecular weight excluding hydrogens is 328 g/mol. The summed E-state index contributed by atoms with van der Waals surface area (Å²) in [6.45, 7) is 0.256. The second-order valence-electron chi connectivity index (χ2n) is 3.06. The number of benzene rings is 1. The number of hydrazine groups is 1. The fourth-order valence-corrected chi connectivity index (χ4v) is 2.14. The molecule has 0 atom stereocenters. The van der Waals surface area contributed by atoms with Crippen molar-refractivity contribution >= 4 is 44.1 Å². The second-order valence-corrected chi connectivity index (χ2v) is 5.13. The summed E-state index contributed by atoms with van der Waals surface area (Å²) < 4.78 is 10.2. The second kappa shape index (κ2) is 5.63. The molecule has 17 heavy (non-hydrogen) atoms. The van der Waals surface area contributed by atoms with Crippen LogP contribution in [-0.2, 0) is 6.61 Å². The molecule has 0 unspecified atom stereocenters. The third-order valence-electron chi connectivity index (χ3n) is 1.94. The molecule has 8 heteroatoms. The van der Waals surface area contributed by atoms with E-state index in [2.05, 4.69) is 30.9 Å². The van der Waals surface area contributed by atoms with Gasteiger partial charge < -0.3 is 10.2 Å². The molecule has 0 radical (unpaired) electrons. The van der Waals surface area contributed by atoms with Gasteiger partial charge in [0, 0.05) is 16.0 Å². The molecule has 0 aliphatic heterocycles. The average molecular weight is 336 g/mol. The maximum Gasteiger partial charge on any atom is 0.150 e. The SMILES string of the molecule is NNc1snnc1COc1cc(Br)ccc1Cl. The van der Waals surface area contributed by atoms with Gasteiger partial charge in [0.2, 0.25) is 0 Å². The Kier molecular flexibility index (Phi) is 4.16. The maximum absolute atomic E-state index is 5.99. The summed E-state index contributed by atoms with van der Waals surface area (Å²) in [5, 5.41) is 5.12. The molecule has 1 aromatic heterocycles. The number of aromatic nitrogens is 2. The Bertz CT molecular complexity index is 521. The van der Waals surface area contributed by atoms with Gasteiger partial charge in [-0.1, -0.05) is 32.0 Å². The van der Waals surface area contributed by atoms with Gasteiger partial charge in [-0.3, -0.25) is 0 Å². The lowest BCUT2D eigenvalue weighted by atomic mass is 10.3. The van der Waals surface area contributed by atoms with Gasteiger partial charge in [-0.15, -0.1) is 5.10 Å². The molecule has 2 aromatic rings. The Morgan fingerprint density at radius 2 is 2.35 bits per heavy atom. The summed E-state index contributed by atoms with van der Waals surface area (Å²) in [5.41, 5.74) is 3.16. The van der Waals surface area contributed by atoms with Crippen LogP contribution in [-0.4, -0.2) is 9.59 Å². The van der Waals surface area contributed by atoms with Crippen LogP contribution in [0, 0.1) is 0 Å². The van der Waals surface area contributed by atoms with Crippen molar-refractivity contribution in [2.75, 3.05) is 5.43 Å². The van der Waals surface area contributed by atoms with E-state index >= 15 is 0 Å². The van der Waals surface area contributed by atoms with Gasteiger partial charge >= 0.3 is 0 Å². The Hall–Kier alpha value is -0.890. The van der Waals surface area contributed by atoms with E-state index in [9.17, 15) is 0 Å². The summed E-state index contributed by atoms with van der Waals surface area (Å²) in [5.74, 6) is 5.89. The number of hydrogen-bond donors (Lipinski definition) is 2. The van der Waals surface area contributed by atoms with Gasteiger partial charge in [0.05, 0.1) is 5.02 Å². The zero-order valence-electron chi connectivity index (χ0n) is 8.48. The minimum atomic E-state index is 0.256. The van der Waals surface area contributed by atoms with Gasteiger partial charge in [0.1, 0.15) is 18.1 Å². The zero-order valence-corrected chi connectivity index (χ0v) is 11.6. The number of nitrogens with two attached hydrogens (primary N) is 1. The number of rotatable bonds is 4. The van der Waals surface area contributed by atoms with Crippen LogP contribution in [0.4, 0.5) is 5.00 Å². The molecular formula is C9H8BrClN4OS. The molecule has 0 aliphatic carbocycles. The number of nitrogen functional groups attached to an aromatic ring is 1. The van der Waals surface area contributed by atoms with Gasteiger partial charge in [-0.2, -0.15) is 0 Å². The highest BCUT2D eigenvalue weighted by atomic mass is 79.9. The van der Waals surface area contributed by atoms with Crippen molar-refractivity contribution in [1.82, 2.24) is 9.59 Å². The van der Waals surface area contributed by atoms with Crippen LogP contribution in [0.3, 0.4) is 0 Å². The number of ether oxygens (including phenoxy) is 1. The number of halogens is 2. The fraction of sp³-hybridized carbons (Fsp3) is 0.111. The monoisotopic (exact) mass is 334 g/mol. The number of anilines is 1. The van der Waals surface area contributed by atoms with E-state index < -0.39 is 0 Å². The normalized spacial score (nSPS) is 10.3. The molecule has 0 saturated heterocycles. The quantitative estimate of drug-likeness (QED) is 0.664. The van der Waals surface area contributed by atoms with Crippen LogP contribution in [0.15, 0.2) is 22.7 Å². The van der Waals surface area contributed by atoms with E-state index in [4.69, 9.17) is 22.2 Å². The number of hydrogen-bond acceptors (Lipinski definition) is 6. The van der Waals surface area contributed by atoms with Crippen molar-refractivity contribution in [3.05, 3.63) is 33.4 Å². The fourth-order valence-electron chi connectivity index (χ4n) is 1.15. The summed E-state index contributed by atoms with van der Waals surface area (Å²) in [7, 11) is 0. The zero-order chi connectivity index (χ0) is 12.3. The first-order chi connectivity index (χ1) is 8.20. The van der Waals surface area contributed by atoms with Crippen LogP contribution >= 0.6 is 39.1 Å². The van der Waals surface area contributed by atoms with Crippen molar-refractivity contribution < 1.29 is 4.74 Å². The molecule has 0 amide bonds. The molecule has 0 aliphatic rings. The van der Waals surface area contributed by atoms with Crippen molar-refractivity contribution in [2.24, 2.45) is 5.84 Å². The van der Waals surface area contributed by atoms with E-state index in [0.29, 0.717) is 21.5 Å². The largest absolute Gasteiger partial charge is 0.485 e. The molecule has 2 rings (SSSR count). The minimum Gasteiger partial charge on any atom is -0.485 e. The number of nitrogens with one attached hydrogen (secondary N) is 1. The molecule has 3 N–H and O–H groups in total. The molecule has 0 fully saturated rings. The lowest BCUT2D eigenvalue weighted by molar-refractivity contribution is 0.301. The van der Waals surface area contributed by atoms with Gasteiger partial charge in [-0.25, -0.2) is 5.84 Å². The molecule has 5 nitrogen and oxygen atoms in total. The molecule has 1 heterocycles. The third kappa shape index (κ3) is 3.06. The van der Waals surface area contributed by atoms with Crippen LogP contribution in [0.2, 0.25) is 5.02 Å². The maximum atomic E-state index is 5.99. The van der Waals surface area contributed by atoms with E-state index in [1.54, 1.807) is 12.1 Å². The Morgan fingerprint density at radius 3 is 3.12 bits per heavy atom.